The zero-order valence-electron chi connectivity index (χ0n) is 23.1. The number of aliphatic hydroxyl groups excluding tert-OH is 1. The Morgan fingerprint density at radius 3 is 2.62 bits per heavy atom. The number of pyridine rings is 1. The molecule has 6 rings (SSSR count). The number of nitrogens with one attached hydrogen (secondary N) is 1. The largest absolute Gasteiger partial charge is 0.481 e. The van der Waals surface area contributed by atoms with Crippen molar-refractivity contribution in [2.24, 2.45) is 0 Å². The smallest absolute Gasteiger partial charge is 0.257 e. The molecule has 1 aliphatic rings. The number of carbonyl (C=O) groups is 1. The minimum Gasteiger partial charge on any atom is -0.481 e. The molecule has 5 aromatic rings. The Morgan fingerprint density at radius 1 is 1.15 bits per heavy atom. The number of nitrogens with zero attached hydrogens (tertiary/aromatic N) is 6. The molecule has 2 atom stereocenters. The first kappa shape index (κ1) is 25.8. The molecule has 40 heavy (non-hydrogen) atoms. The van der Waals surface area contributed by atoms with Crippen LogP contribution in [0.15, 0.2) is 60.9 Å². The predicted molar refractivity (Wildman–Crippen MR) is 154 cm³/mol. The average Bonchev–Trinajstić information content (AvgIpc) is 3.56. The summed E-state index contributed by atoms with van der Waals surface area (Å²) in [5.74, 6) is 1.04. The van der Waals surface area contributed by atoms with Crippen LogP contribution >= 0.6 is 0 Å². The van der Waals surface area contributed by atoms with Crippen LogP contribution in [-0.4, -0.2) is 61.5 Å². The van der Waals surface area contributed by atoms with Crippen molar-refractivity contribution < 1.29 is 14.6 Å². The Balaban J connectivity index is 1.51. The van der Waals surface area contributed by atoms with E-state index in [2.05, 4.69) is 52.1 Å². The Hall–Kier alpha value is -4.44. The van der Waals surface area contributed by atoms with E-state index >= 15 is 0 Å². The number of fused-ring (bicyclic) bond motifs is 2. The molecule has 0 aliphatic heterocycles. The third-order valence-corrected chi connectivity index (χ3v) is 7.60. The van der Waals surface area contributed by atoms with Gasteiger partial charge in [-0.05, 0) is 38.3 Å². The monoisotopic (exact) mass is 539 g/mol. The number of anilines is 1. The SMILES string of the molecule is COc1ccc2c(-c3cc(N(C)Cc4ccccc4)n4ncc(C(=O)NC5CC[C@H]5O)c4n3)cn(C(C)C)c2n1. The number of carbonyl (C=O) groups excluding carboxylic acids is 1. The fourth-order valence-corrected chi connectivity index (χ4v) is 5.17. The Labute approximate surface area is 232 Å². The zero-order valence-corrected chi connectivity index (χ0v) is 23.1. The first-order valence-corrected chi connectivity index (χ1v) is 13.5. The van der Waals surface area contributed by atoms with Gasteiger partial charge in [0.2, 0.25) is 5.88 Å². The zero-order chi connectivity index (χ0) is 28.0. The van der Waals surface area contributed by atoms with Crippen LogP contribution in [-0.2, 0) is 6.54 Å². The topological polar surface area (TPSA) is 110 Å². The third kappa shape index (κ3) is 4.54. The highest BCUT2D eigenvalue weighted by atomic mass is 16.5. The van der Waals surface area contributed by atoms with Gasteiger partial charge in [0.05, 0.1) is 31.1 Å². The molecule has 206 valence electrons. The normalized spacial score (nSPS) is 16.9. The number of amides is 1. The summed E-state index contributed by atoms with van der Waals surface area (Å²) in [6.07, 6.45) is 4.53. The molecule has 1 fully saturated rings. The van der Waals surface area contributed by atoms with Crippen LogP contribution in [0.2, 0.25) is 0 Å². The number of rotatable bonds is 8. The fraction of sp³-hybridized carbons (Fsp3) is 0.333. The maximum Gasteiger partial charge on any atom is 0.257 e. The summed E-state index contributed by atoms with van der Waals surface area (Å²) in [5, 5.41) is 18.5. The molecule has 4 aromatic heterocycles. The van der Waals surface area contributed by atoms with E-state index in [4.69, 9.17) is 14.7 Å². The van der Waals surface area contributed by atoms with Crippen LogP contribution in [0.1, 0.15) is 48.7 Å². The van der Waals surface area contributed by atoms with E-state index in [0.717, 1.165) is 34.4 Å². The van der Waals surface area contributed by atoms with Gasteiger partial charge in [-0.2, -0.15) is 14.6 Å². The molecule has 1 amide bonds. The average molecular weight is 540 g/mol. The van der Waals surface area contributed by atoms with Crippen molar-refractivity contribution >= 4 is 28.4 Å². The Bertz CT molecular complexity index is 1690. The number of hydrogen-bond donors (Lipinski definition) is 2. The maximum absolute atomic E-state index is 13.3. The summed E-state index contributed by atoms with van der Waals surface area (Å²) in [4.78, 5) is 25.1. The van der Waals surface area contributed by atoms with Gasteiger partial charge in [-0.1, -0.05) is 30.3 Å². The van der Waals surface area contributed by atoms with Crippen molar-refractivity contribution in [1.82, 2.24) is 29.5 Å². The molecule has 1 saturated carbocycles. The number of benzene rings is 1. The molecule has 0 radical (unpaired) electrons. The van der Waals surface area contributed by atoms with E-state index in [0.29, 0.717) is 35.8 Å². The first-order chi connectivity index (χ1) is 19.3. The summed E-state index contributed by atoms with van der Waals surface area (Å²) >= 11 is 0. The Kier molecular flexibility index (Phi) is 6.63. The van der Waals surface area contributed by atoms with Gasteiger partial charge in [0.25, 0.3) is 5.91 Å². The summed E-state index contributed by atoms with van der Waals surface area (Å²) in [6, 6.07) is 15.9. The van der Waals surface area contributed by atoms with Crippen LogP contribution in [0.25, 0.3) is 27.9 Å². The third-order valence-electron chi connectivity index (χ3n) is 7.60. The summed E-state index contributed by atoms with van der Waals surface area (Å²) < 4.78 is 9.22. The van der Waals surface area contributed by atoms with Gasteiger partial charge in [0.1, 0.15) is 17.0 Å². The van der Waals surface area contributed by atoms with Crippen molar-refractivity contribution in [1.29, 1.82) is 0 Å². The second kappa shape index (κ2) is 10.3. The highest BCUT2D eigenvalue weighted by molar-refractivity contribution is 6.01. The van der Waals surface area contributed by atoms with Crippen LogP contribution in [0, 0.1) is 0 Å². The van der Waals surface area contributed by atoms with Crippen molar-refractivity contribution in [3.05, 3.63) is 72.1 Å². The van der Waals surface area contributed by atoms with Crippen LogP contribution in [0.5, 0.6) is 5.88 Å². The number of aliphatic hydroxyl groups is 1. The van der Waals surface area contributed by atoms with Crippen molar-refractivity contribution in [2.45, 2.75) is 51.4 Å². The van der Waals surface area contributed by atoms with E-state index in [1.54, 1.807) is 17.8 Å². The Morgan fingerprint density at radius 2 is 1.95 bits per heavy atom. The first-order valence-electron chi connectivity index (χ1n) is 13.5. The van der Waals surface area contributed by atoms with E-state index in [9.17, 15) is 9.90 Å². The summed E-state index contributed by atoms with van der Waals surface area (Å²) in [5.41, 5.74) is 4.37. The molecule has 4 heterocycles. The molecule has 0 spiro atoms. The predicted octanol–water partition coefficient (Wildman–Crippen LogP) is 4.23. The van der Waals surface area contributed by atoms with Gasteiger partial charge in [-0.3, -0.25) is 4.79 Å². The van der Waals surface area contributed by atoms with Crippen molar-refractivity contribution in [3.63, 3.8) is 0 Å². The standard InChI is InChI=1S/C30H33N7O3/c1-18(2)36-17-22(20-10-13-26(40-4)34-28(20)36)24-14-27(35(3)16-19-8-6-5-7-9-19)37-29(32-24)21(15-31-37)30(39)33-23-11-12-25(23)38/h5-10,13-15,17-18,23,25,38H,11-12,16H2,1-4H3,(H,33,39)/t23?,25-/m1/s1. The number of hydrogen-bond acceptors (Lipinski definition) is 7. The number of aromatic nitrogens is 5. The van der Waals surface area contributed by atoms with Gasteiger partial charge >= 0.3 is 0 Å². The number of methoxy groups -OCH3 is 1. The molecular formula is C30H33N7O3. The molecule has 1 aliphatic carbocycles. The second-order valence-corrected chi connectivity index (χ2v) is 10.6. The van der Waals surface area contributed by atoms with E-state index in [-0.39, 0.29) is 18.0 Å². The van der Waals surface area contributed by atoms with Gasteiger partial charge in [0.15, 0.2) is 5.65 Å². The minimum atomic E-state index is -0.520. The molecule has 1 aromatic carbocycles. The van der Waals surface area contributed by atoms with Crippen LogP contribution < -0.4 is 15.0 Å². The van der Waals surface area contributed by atoms with E-state index < -0.39 is 6.10 Å². The summed E-state index contributed by atoms with van der Waals surface area (Å²) in [7, 11) is 3.61. The molecule has 10 nitrogen and oxygen atoms in total. The number of ether oxygens (including phenoxy) is 1. The van der Waals surface area contributed by atoms with Gasteiger partial charge < -0.3 is 24.6 Å². The van der Waals surface area contributed by atoms with Crippen molar-refractivity contribution in [2.75, 3.05) is 19.1 Å². The molecule has 10 heteroatoms. The lowest BCUT2D eigenvalue weighted by molar-refractivity contribution is 0.0448. The quantitative estimate of drug-likeness (QED) is 0.304. The second-order valence-electron chi connectivity index (χ2n) is 10.6. The fourth-order valence-electron chi connectivity index (χ4n) is 5.17. The molecule has 2 N–H and O–H groups in total. The molecule has 0 bridgehead atoms. The molecular weight excluding hydrogens is 506 g/mol. The minimum absolute atomic E-state index is 0.157. The van der Waals surface area contributed by atoms with Crippen LogP contribution in [0.3, 0.4) is 0 Å². The molecule has 1 unspecified atom stereocenters. The molecule has 0 saturated heterocycles. The van der Waals surface area contributed by atoms with Crippen molar-refractivity contribution in [3.8, 4) is 17.1 Å². The van der Waals surface area contributed by atoms with Gasteiger partial charge in [0, 0.05) is 48.9 Å². The maximum atomic E-state index is 13.3. The van der Waals surface area contributed by atoms with Gasteiger partial charge in [-0.25, -0.2) is 4.98 Å². The highest BCUT2D eigenvalue weighted by Gasteiger charge is 2.31. The highest BCUT2D eigenvalue weighted by Crippen LogP contribution is 2.34. The van der Waals surface area contributed by atoms with E-state index in [1.807, 2.05) is 43.4 Å². The van der Waals surface area contributed by atoms with Crippen LogP contribution in [0.4, 0.5) is 5.82 Å². The van der Waals surface area contributed by atoms with E-state index in [1.165, 1.54) is 0 Å². The van der Waals surface area contributed by atoms with Gasteiger partial charge in [-0.15, -0.1) is 0 Å². The summed E-state index contributed by atoms with van der Waals surface area (Å²) in [6.45, 7) is 4.85. The lowest BCUT2D eigenvalue weighted by Gasteiger charge is -2.32. The lowest BCUT2D eigenvalue weighted by atomic mass is 9.89. The lowest BCUT2D eigenvalue weighted by Crippen LogP contribution is -2.50.